The summed E-state index contributed by atoms with van der Waals surface area (Å²) in [5.74, 6) is 0.126. The van der Waals surface area contributed by atoms with E-state index in [0.717, 1.165) is 44.5 Å². The maximum atomic E-state index is 12.0. The van der Waals surface area contributed by atoms with Crippen molar-refractivity contribution >= 4 is 11.6 Å². The van der Waals surface area contributed by atoms with Crippen LogP contribution in [0, 0.1) is 0 Å². The van der Waals surface area contributed by atoms with Gasteiger partial charge in [0.1, 0.15) is 0 Å². The minimum atomic E-state index is 0.126. The third-order valence-electron chi connectivity index (χ3n) is 5.95. The van der Waals surface area contributed by atoms with Crippen LogP contribution in [0.15, 0.2) is 30.6 Å². The minimum Gasteiger partial charge on any atom is -0.310 e. The molecule has 0 N–H and O–H groups in total. The van der Waals surface area contributed by atoms with Gasteiger partial charge in [0.25, 0.3) is 0 Å². The zero-order valence-corrected chi connectivity index (χ0v) is 16.0. The Morgan fingerprint density at radius 1 is 1.15 bits per heavy atom. The number of amides is 1. The summed E-state index contributed by atoms with van der Waals surface area (Å²) < 4.78 is 2.14. The number of hydrogen-bond donors (Lipinski definition) is 0. The highest BCUT2D eigenvalue weighted by Gasteiger charge is 2.26. The van der Waals surface area contributed by atoms with E-state index >= 15 is 0 Å². The minimum absolute atomic E-state index is 0.126. The first-order chi connectivity index (χ1) is 12.5. The van der Waals surface area contributed by atoms with Crippen molar-refractivity contribution in [2.45, 2.75) is 51.6 Å². The van der Waals surface area contributed by atoms with Crippen molar-refractivity contribution in [2.75, 3.05) is 25.0 Å². The van der Waals surface area contributed by atoms with Gasteiger partial charge in [-0.2, -0.15) is 5.10 Å². The van der Waals surface area contributed by atoms with Crippen molar-refractivity contribution in [3.05, 3.63) is 36.2 Å². The van der Waals surface area contributed by atoms with Gasteiger partial charge < -0.3 is 9.80 Å². The van der Waals surface area contributed by atoms with Crippen LogP contribution in [-0.2, 0) is 11.2 Å². The number of likely N-dealkylation sites (tertiary alicyclic amines) is 1. The molecule has 1 aromatic carbocycles. The van der Waals surface area contributed by atoms with Gasteiger partial charge in [-0.1, -0.05) is 6.07 Å². The standard InChI is InChI=1S/C21H28N4O/c1-15-4-5-18-12-17(6-7-21(18)25(15)16(2)26)19-13-22-24(14-19)20-8-10-23(3)11-9-20/h6-7,12-15,20H,4-5,8-11H2,1-3H3. The predicted octanol–water partition coefficient (Wildman–Crippen LogP) is 3.50. The molecule has 1 unspecified atom stereocenters. The van der Waals surface area contributed by atoms with E-state index in [4.69, 9.17) is 0 Å². The number of nitrogens with zero attached hydrogens (tertiary/aromatic N) is 4. The summed E-state index contributed by atoms with van der Waals surface area (Å²) in [5.41, 5.74) is 4.70. The molecule has 1 saturated heterocycles. The van der Waals surface area contributed by atoms with E-state index in [2.05, 4.69) is 53.0 Å². The van der Waals surface area contributed by atoms with Crippen molar-refractivity contribution in [3.63, 3.8) is 0 Å². The molecule has 26 heavy (non-hydrogen) atoms. The molecule has 0 bridgehead atoms. The van der Waals surface area contributed by atoms with Crippen LogP contribution in [0.1, 0.15) is 44.7 Å². The topological polar surface area (TPSA) is 41.4 Å². The van der Waals surface area contributed by atoms with Crippen LogP contribution in [-0.4, -0.2) is 46.8 Å². The van der Waals surface area contributed by atoms with Crippen molar-refractivity contribution in [2.24, 2.45) is 0 Å². The number of hydrogen-bond acceptors (Lipinski definition) is 3. The summed E-state index contributed by atoms with van der Waals surface area (Å²) in [7, 11) is 2.18. The predicted molar refractivity (Wildman–Crippen MR) is 104 cm³/mol. The van der Waals surface area contributed by atoms with Gasteiger partial charge in [-0.05, 0) is 76.0 Å². The van der Waals surface area contributed by atoms with Gasteiger partial charge in [0.05, 0.1) is 12.2 Å². The fourth-order valence-corrected chi connectivity index (χ4v) is 4.36. The molecule has 0 spiro atoms. The van der Waals surface area contributed by atoms with Crippen LogP contribution in [0.4, 0.5) is 5.69 Å². The molecule has 2 aromatic rings. The van der Waals surface area contributed by atoms with E-state index in [0.29, 0.717) is 6.04 Å². The zero-order valence-electron chi connectivity index (χ0n) is 16.0. The first kappa shape index (κ1) is 17.3. The van der Waals surface area contributed by atoms with Crippen LogP contribution in [0.2, 0.25) is 0 Å². The summed E-state index contributed by atoms with van der Waals surface area (Å²) in [6.07, 6.45) is 8.53. The van der Waals surface area contributed by atoms with E-state index < -0.39 is 0 Å². The van der Waals surface area contributed by atoms with Gasteiger partial charge in [-0.25, -0.2) is 0 Å². The average Bonchev–Trinajstić information content (AvgIpc) is 3.11. The normalized spacial score (nSPS) is 21.7. The van der Waals surface area contributed by atoms with Gasteiger partial charge in [0.15, 0.2) is 0 Å². The van der Waals surface area contributed by atoms with Gasteiger partial charge in [0.2, 0.25) is 5.91 Å². The van der Waals surface area contributed by atoms with Gasteiger partial charge >= 0.3 is 0 Å². The number of benzene rings is 1. The third kappa shape index (κ3) is 3.16. The van der Waals surface area contributed by atoms with E-state index in [9.17, 15) is 4.79 Å². The van der Waals surface area contributed by atoms with Crippen LogP contribution < -0.4 is 4.90 Å². The second kappa shape index (κ2) is 6.88. The lowest BCUT2D eigenvalue weighted by molar-refractivity contribution is -0.117. The lowest BCUT2D eigenvalue weighted by atomic mass is 9.93. The molecule has 0 saturated carbocycles. The second-order valence-electron chi connectivity index (χ2n) is 7.86. The lowest BCUT2D eigenvalue weighted by Gasteiger charge is -2.34. The zero-order chi connectivity index (χ0) is 18.3. The van der Waals surface area contributed by atoms with Crippen LogP contribution in [0.3, 0.4) is 0 Å². The van der Waals surface area contributed by atoms with Crippen molar-refractivity contribution in [1.29, 1.82) is 0 Å². The molecule has 1 atom stereocenters. The molecular weight excluding hydrogens is 324 g/mol. The Balaban J connectivity index is 1.59. The maximum Gasteiger partial charge on any atom is 0.224 e. The number of aryl methyl sites for hydroxylation is 1. The molecule has 1 fully saturated rings. The number of anilines is 1. The Kier molecular flexibility index (Phi) is 4.57. The molecule has 4 rings (SSSR count). The number of fused-ring (bicyclic) bond motifs is 1. The van der Waals surface area contributed by atoms with Crippen molar-refractivity contribution in [3.8, 4) is 11.1 Å². The Hall–Kier alpha value is -2.14. The summed E-state index contributed by atoms with van der Waals surface area (Å²) >= 11 is 0. The summed E-state index contributed by atoms with van der Waals surface area (Å²) in [5, 5.41) is 4.64. The molecule has 1 amide bonds. The average molecular weight is 352 g/mol. The molecule has 1 aromatic heterocycles. The highest BCUT2D eigenvalue weighted by molar-refractivity contribution is 5.94. The van der Waals surface area contributed by atoms with Crippen molar-refractivity contribution in [1.82, 2.24) is 14.7 Å². The van der Waals surface area contributed by atoms with E-state index in [1.54, 1.807) is 6.92 Å². The summed E-state index contributed by atoms with van der Waals surface area (Å²) in [4.78, 5) is 16.4. The number of piperidine rings is 1. The van der Waals surface area contributed by atoms with E-state index in [-0.39, 0.29) is 11.9 Å². The fourth-order valence-electron chi connectivity index (χ4n) is 4.36. The van der Waals surface area contributed by atoms with Gasteiger partial charge in [-0.15, -0.1) is 0 Å². The molecule has 5 nitrogen and oxygen atoms in total. The van der Waals surface area contributed by atoms with Crippen LogP contribution in [0.25, 0.3) is 11.1 Å². The first-order valence-corrected chi connectivity index (χ1v) is 9.68. The number of carbonyl (C=O) groups excluding carboxylic acids is 1. The third-order valence-corrected chi connectivity index (χ3v) is 5.95. The summed E-state index contributed by atoms with van der Waals surface area (Å²) in [6, 6.07) is 7.26. The maximum absolute atomic E-state index is 12.0. The molecule has 2 aliphatic rings. The number of aromatic nitrogens is 2. The Morgan fingerprint density at radius 2 is 1.92 bits per heavy atom. The molecule has 138 valence electrons. The Bertz CT molecular complexity index is 804. The quantitative estimate of drug-likeness (QED) is 0.831. The smallest absolute Gasteiger partial charge is 0.224 e. The first-order valence-electron chi connectivity index (χ1n) is 9.68. The molecule has 0 aliphatic carbocycles. The SMILES string of the molecule is CC(=O)N1c2ccc(-c3cnn(C4CCN(C)CC4)c3)cc2CCC1C. The molecular formula is C21H28N4O. The largest absolute Gasteiger partial charge is 0.310 e. The van der Waals surface area contributed by atoms with E-state index in [1.165, 1.54) is 16.7 Å². The van der Waals surface area contributed by atoms with Crippen LogP contribution >= 0.6 is 0 Å². The molecule has 0 radical (unpaired) electrons. The Labute approximate surface area is 155 Å². The summed E-state index contributed by atoms with van der Waals surface area (Å²) in [6.45, 7) is 6.06. The number of carbonyl (C=O) groups is 1. The van der Waals surface area contributed by atoms with Crippen LogP contribution in [0.5, 0.6) is 0 Å². The Morgan fingerprint density at radius 3 is 2.65 bits per heavy atom. The second-order valence-corrected chi connectivity index (χ2v) is 7.86. The van der Waals surface area contributed by atoms with Crippen molar-refractivity contribution < 1.29 is 4.79 Å². The van der Waals surface area contributed by atoms with Gasteiger partial charge in [0, 0.05) is 30.4 Å². The highest BCUT2D eigenvalue weighted by Crippen LogP contribution is 2.34. The molecule has 3 heterocycles. The van der Waals surface area contributed by atoms with Gasteiger partial charge in [-0.3, -0.25) is 9.48 Å². The highest BCUT2D eigenvalue weighted by atomic mass is 16.2. The molecule has 5 heteroatoms. The lowest BCUT2D eigenvalue weighted by Crippen LogP contribution is -2.40. The fraction of sp³-hybridized carbons (Fsp3) is 0.524. The monoisotopic (exact) mass is 352 g/mol. The molecule has 2 aliphatic heterocycles. The van der Waals surface area contributed by atoms with E-state index in [1.807, 2.05) is 11.1 Å². The number of rotatable bonds is 2.